The Bertz CT molecular complexity index is 1230. The van der Waals surface area contributed by atoms with Gasteiger partial charge in [-0.25, -0.2) is 0 Å². The van der Waals surface area contributed by atoms with Crippen molar-refractivity contribution in [1.82, 2.24) is 9.80 Å². The SMILES string of the molecule is CCN(CC)CCN(C)C(=O)CCC(=O)OC1CCN(c2ccc(/C=C(\C#N)c3ccc(OC)c(OC)c3)s2)CC1. The van der Waals surface area contributed by atoms with Gasteiger partial charge in [-0.2, -0.15) is 5.26 Å². The number of nitrogens with zero attached hydrogens (tertiary/aromatic N) is 4. The molecular weight excluding hydrogens is 540 g/mol. The van der Waals surface area contributed by atoms with Crippen LogP contribution in [0.5, 0.6) is 11.5 Å². The number of allylic oxidation sites excluding steroid dienone is 1. The third kappa shape index (κ3) is 9.23. The fraction of sp³-hybridized carbons (Fsp3) is 0.516. The number of rotatable bonds is 14. The lowest BCUT2D eigenvalue weighted by atomic mass is 10.1. The highest BCUT2D eigenvalue weighted by molar-refractivity contribution is 7.17. The minimum atomic E-state index is -0.309. The van der Waals surface area contributed by atoms with E-state index < -0.39 is 0 Å². The summed E-state index contributed by atoms with van der Waals surface area (Å²) in [5, 5.41) is 10.9. The molecule has 0 aliphatic carbocycles. The summed E-state index contributed by atoms with van der Waals surface area (Å²) in [4.78, 5) is 32.1. The van der Waals surface area contributed by atoms with Crippen LogP contribution in [0.3, 0.4) is 0 Å². The van der Waals surface area contributed by atoms with Crippen LogP contribution in [0.15, 0.2) is 30.3 Å². The smallest absolute Gasteiger partial charge is 0.306 e. The Labute approximate surface area is 247 Å². The standard InChI is InChI=1S/C31H42N4O5S/c1-6-34(7-2)19-18-33(3)29(36)11-13-31(37)40-25-14-16-35(17-15-25)30-12-9-26(41-30)20-24(22-32)23-8-10-27(38-4)28(21-23)39-5/h8-10,12,20-21,25H,6-7,11,13-19H2,1-5H3/b24-20+. The number of esters is 1. The van der Waals surface area contributed by atoms with Gasteiger partial charge in [0.05, 0.1) is 37.3 Å². The molecule has 1 saturated heterocycles. The molecule has 1 aromatic carbocycles. The molecule has 3 rings (SSSR count). The van der Waals surface area contributed by atoms with Gasteiger partial charge >= 0.3 is 5.97 Å². The summed E-state index contributed by atoms with van der Waals surface area (Å²) in [6.45, 7) is 9.16. The molecule has 10 heteroatoms. The average Bonchev–Trinajstić information content (AvgIpc) is 3.47. The molecule has 2 aromatic rings. The predicted octanol–water partition coefficient (Wildman–Crippen LogP) is 4.92. The second kappa shape index (κ2) is 16.0. The Balaban J connectivity index is 1.47. The van der Waals surface area contributed by atoms with Crippen LogP contribution in [0.1, 0.15) is 50.0 Å². The highest BCUT2D eigenvalue weighted by atomic mass is 32.1. The van der Waals surface area contributed by atoms with Crippen molar-refractivity contribution in [3.8, 4) is 17.6 Å². The van der Waals surface area contributed by atoms with Crippen molar-refractivity contribution in [3.05, 3.63) is 40.8 Å². The molecule has 0 spiro atoms. The Morgan fingerprint density at radius 3 is 2.39 bits per heavy atom. The number of carbonyl (C=O) groups is 2. The first kappa shape index (κ1) is 32.0. The van der Waals surface area contributed by atoms with Crippen molar-refractivity contribution in [2.75, 3.05) is 65.4 Å². The minimum Gasteiger partial charge on any atom is -0.493 e. The highest BCUT2D eigenvalue weighted by Crippen LogP contribution is 2.34. The molecule has 2 heterocycles. The molecule has 0 bridgehead atoms. The number of anilines is 1. The number of ether oxygens (including phenoxy) is 3. The molecule has 1 amide bonds. The monoisotopic (exact) mass is 582 g/mol. The van der Waals surface area contributed by atoms with Crippen LogP contribution >= 0.6 is 11.3 Å². The number of benzene rings is 1. The third-order valence-electron chi connectivity index (χ3n) is 7.38. The third-order valence-corrected chi connectivity index (χ3v) is 8.47. The summed E-state index contributed by atoms with van der Waals surface area (Å²) in [5.41, 5.74) is 1.30. The van der Waals surface area contributed by atoms with Crippen LogP contribution < -0.4 is 14.4 Å². The van der Waals surface area contributed by atoms with Gasteiger partial charge in [0.15, 0.2) is 11.5 Å². The summed E-state index contributed by atoms with van der Waals surface area (Å²) in [7, 11) is 4.94. The maximum absolute atomic E-state index is 12.4. The molecule has 1 aromatic heterocycles. The Kier molecular flexibility index (Phi) is 12.5. The highest BCUT2D eigenvalue weighted by Gasteiger charge is 2.24. The van der Waals surface area contributed by atoms with Crippen LogP contribution in [0.25, 0.3) is 11.6 Å². The van der Waals surface area contributed by atoms with Gasteiger partial charge in [0.2, 0.25) is 5.91 Å². The van der Waals surface area contributed by atoms with Gasteiger partial charge in [0.25, 0.3) is 0 Å². The van der Waals surface area contributed by atoms with Gasteiger partial charge in [-0.1, -0.05) is 13.8 Å². The lowest BCUT2D eigenvalue weighted by Crippen LogP contribution is -2.38. The van der Waals surface area contributed by atoms with Crippen LogP contribution in [-0.2, 0) is 14.3 Å². The van der Waals surface area contributed by atoms with Crippen molar-refractivity contribution < 1.29 is 23.8 Å². The van der Waals surface area contributed by atoms with E-state index in [0.29, 0.717) is 23.6 Å². The van der Waals surface area contributed by atoms with E-state index in [1.807, 2.05) is 18.2 Å². The fourth-order valence-electron chi connectivity index (χ4n) is 4.71. The number of thiophene rings is 1. The first-order valence-corrected chi connectivity index (χ1v) is 15.0. The summed E-state index contributed by atoms with van der Waals surface area (Å²) >= 11 is 1.62. The van der Waals surface area contributed by atoms with E-state index in [2.05, 4.69) is 35.8 Å². The van der Waals surface area contributed by atoms with E-state index in [1.54, 1.807) is 49.6 Å². The van der Waals surface area contributed by atoms with Gasteiger partial charge in [0.1, 0.15) is 6.10 Å². The molecule has 41 heavy (non-hydrogen) atoms. The Morgan fingerprint density at radius 2 is 1.76 bits per heavy atom. The lowest BCUT2D eigenvalue weighted by Gasteiger charge is -2.32. The largest absolute Gasteiger partial charge is 0.493 e. The number of piperidine rings is 1. The van der Waals surface area contributed by atoms with E-state index in [4.69, 9.17) is 14.2 Å². The molecular formula is C31H42N4O5S. The Morgan fingerprint density at radius 1 is 1.05 bits per heavy atom. The van der Waals surface area contributed by atoms with Gasteiger partial charge in [0, 0.05) is 57.4 Å². The molecule has 0 N–H and O–H groups in total. The van der Waals surface area contributed by atoms with Crippen molar-refractivity contribution in [1.29, 1.82) is 5.26 Å². The van der Waals surface area contributed by atoms with E-state index in [9.17, 15) is 14.9 Å². The van der Waals surface area contributed by atoms with Crippen molar-refractivity contribution in [2.45, 2.75) is 45.6 Å². The average molecular weight is 583 g/mol. The number of carbonyl (C=O) groups excluding carboxylic acids is 2. The zero-order valence-electron chi connectivity index (χ0n) is 24.9. The molecule has 222 valence electrons. The molecule has 1 aliphatic rings. The maximum Gasteiger partial charge on any atom is 0.306 e. The summed E-state index contributed by atoms with van der Waals surface area (Å²) in [5.74, 6) is 0.851. The number of likely N-dealkylation sites (N-methyl/N-ethyl adjacent to an activating group) is 2. The molecule has 0 saturated carbocycles. The lowest BCUT2D eigenvalue weighted by molar-refractivity contribution is -0.151. The summed E-state index contributed by atoms with van der Waals surface area (Å²) in [6.07, 6.45) is 3.50. The molecule has 1 aliphatic heterocycles. The number of hydrogen-bond donors (Lipinski definition) is 0. The van der Waals surface area contributed by atoms with Gasteiger partial charge in [-0.15, -0.1) is 11.3 Å². The number of amides is 1. The zero-order valence-corrected chi connectivity index (χ0v) is 25.7. The molecule has 1 fully saturated rings. The van der Waals surface area contributed by atoms with Crippen molar-refractivity contribution in [3.63, 3.8) is 0 Å². The van der Waals surface area contributed by atoms with E-state index >= 15 is 0 Å². The second-order valence-corrected chi connectivity index (χ2v) is 11.0. The van der Waals surface area contributed by atoms with Crippen LogP contribution in [-0.4, -0.2) is 88.3 Å². The van der Waals surface area contributed by atoms with Gasteiger partial charge in [-0.3, -0.25) is 9.59 Å². The van der Waals surface area contributed by atoms with Crippen LogP contribution in [0.2, 0.25) is 0 Å². The minimum absolute atomic E-state index is 0.0304. The maximum atomic E-state index is 12.4. The predicted molar refractivity (Wildman–Crippen MR) is 163 cm³/mol. The molecule has 0 atom stereocenters. The number of nitriles is 1. The van der Waals surface area contributed by atoms with E-state index in [1.165, 1.54) is 0 Å². The second-order valence-electron chi connectivity index (χ2n) is 9.93. The van der Waals surface area contributed by atoms with Crippen LogP contribution in [0.4, 0.5) is 5.00 Å². The first-order valence-electron chi connectivity index (χ1n) is 14.2. The fourth-order valence-corrected chi connectivity index (χ4v) is 5.71. The summed E-state index contributed by atoms with van der Waals surface area (Å²) in [6, 6.07) is 11.8. The van der Waals surface area contributed by atoms with Gasteiger partial charge < -0.3 is 28.9 Å². The number of methoxy groups -OCH3 is 2. The van der Waals surface area contributed by atoms with Crippen molar-refractivity contribution in [2.24, 2.45) is 0 Å². The van der Waals surface area contributed by atoms with E-state index in [0.717, 1.165) is 61.0 Å². The molecule has 9 nitrogen and oxygen atoms in total. The number of hydrogen-bond acceptors (Lipinski definition) is 9. The molecule has 0 radical (unpaired) electrons. The Hall–Kier alpha value is -3.55. The topological polar surface area (TPSA) is 95.3 Å². The zero-order chi connectivity index (χ0) is 29.8. The van der Waals surface area contributed by atoms with Crippen molar-refractivity contribution >= 4 is 39.9 Å². The normalized spacial score (nSPS) is 14.1. The van der Waals surface area contributed by atoms with Gasteiger partial charge in [-0.05, 0) is 55.1 Å². The first-order chi connectivity index (χ1) is 19.8. The molecule has 0 unspecified atom stereocenters. The van der Waals surface area contributed by atoms with E-state index in [-0.39, 0.29) is 30.8 Å². The quantitative estimate of drug-likeness (QED) is 0.229. The van der Waals surface area contributed by atoms with Crippen LogP contribution in [0, 0.1) is 11.3 Å². The summed E-state index contributed by atoms with van der Waals surface area (Å²) < 4.78 is 16.4.